The average molecular weight is 347 g/mol. The first-order valence-electron chi connectivity index (χ1n) is 8.91. The molecule has 0 bridgehead atoms. The minimum Gasteiger partial charge on any atom is -0.339 e. The number of carbonyl (C=O) groups excluding carboxylic acids is 3. The summed E-state index contributed by atoms with van der Waals surface area (Å²) in [4.78, 5) is 40.3. The monoisotopic (exact) mass is 347 g/mol. The molecule has 8 nitrogen and oxygen atoms in total. The summed E-state index contributed by atoms with van der Waals surface area (Å²) in [6.45, 7) is 4.74. The molecule has 1 atom stereocenters. The summed E-state index contributed by atoms with van der Waals surface area (Å²) < 4.78 is 1.87. The van der Waals surface area contributed by atoms with E-state index in [2.05, 4.69) is 10.4 Å². The topological polar surface area (TPSA) is 87.5 Å². The average Bonchev–Trinajstić information content (AvgIpc) is 3.25. The molecule has 4 amide bonds. The molecule has 1 aromatic heterocycles. The second kappa shape index (κ2) is 6.85. The van der Waals surface area contributed by atoms with E-state index in [1.54, 1.807) is 11.1 Å². The van der Waals surface area contributed by atoms with Gasteiger partial charge in [0.1, 0.15) is 12.1 Å². The van der Waals surface area contributed by atoms with Crippen LogP contribution in [0.5, 0.6) is 0 Å². The van der Waals surface area contributed by atoms with Gasteiger partial charge in [-0.15, -0.1) is 0 Å². The largest absolute Gasteiger partial charge is 0.339 e. The molecule has 8 heteroatoms. The summed E-state index contributed by atoms with van der Waals surface area (Å²) in [6.07, 6.45) is 6.50. The summed E-state index contributed by atoms with van der Waals surface area (Å²) in [5.74, 6) is -0.486. The molecule has 2 aliphatic rings. The molecule has 0 aliphatic carbocycles. The van der Waals surface area contributed by atoms with E-state index >= 15 is 0 Å². The van der Waals surface area contributed by atoms with E-state index in [4.69, 9.17) is 0 Å². The van der Waals surface area contributed by atoms with Crippen molar-refractivity contribution in [1.29, 1.82) is 0 Å². The van der Waals surface area contributed by atoms with Gasteiger partial charge in [0.2, 0.25) is 5.91 Å². The number of nitrogens with zero attached hydrogens (tertiary/aromatic N) is 4. The van der Waals surface area contributed by atoms with E-state index in [-0.39, 0.29) is 24.4 Å². The Balaban J connectivity index is 1.66. The smallest absolute Gasteiger partial charge is 0.325 e. The maximum atomic E-state index is 12.7. The highest BCUT2D eigenvalue weighted by Crippen LogP contribution is 2.26. The Morgan fingerprint density at radius 2 is 2.12 bits per heavy atom. The van der Waals surface area contributed by atoms with Gasteiger partial charge in [-0.2, -0.15) is 5.10 Å². The first-order valence-corrected chi connectivity index (χ1v) is 8.91. The summed E-state index contributed by atoms with van der Waals surface area (Å²) in [5.41, 5.74) is -0.864. The van der Waals surface area contributed by atoms with Crippen molar-refractivity contribution in [2.75, 3.05) is 19.6 Å². The molecule has 0 spiro atoms. The molecule has 2 aliphatic heterocycles. The molecular weight excluding hydrogens is 322 g/mol. The van der Waals surface area contributed by atoms with Crippen LogP contribution < -0.4 is 5.32 Å². The summed E-state index contributed by atoms with van der Waals surface area (Å²) in [5, 5.41) is 7.01. The minimum atomic E-state index is -0.864. The Bertz CT molecular complexity index is 653. The molecule has 0 saturated carbocycles. The van der Waals surface area contributed by atoms with Crippen LogP contribution in [0.15, 0.2) is 18.5 Å². The molecule has 0 unspecified atom stereocenters. The van der Waals surface area contributed by atoms with Crippen LogP contribution in [-0.4, -0.2) is 62.6 Å². The highest BCUT2D eigenvalue weighted by molar-refractivity contribution is 6.08. The second-order valence-corrected chi connectivity index (χ2v) is 6.73. The molecule has 3 rings (SSSR count). The highest BCUT2D eigenvalue weighted by Gasteiger charge is 2.49. The zero-order chi connectivity index (χ0) is 18.0. The third-order valence-electron chi connectivity index (χ3n) is 5.39. The molecule has 2 saturated heterocycles. The molecule has 25 heavy (non-hydrogen) atoms. The lowest BCUT2D eigenvalue weighted by Crippen LogP contribution is -2.48. The van der Waals surface area contributed by atoms with E-state index in [0.717, 1.165) is 17.7 Å². The zero-order valence-electron chi connectivity index (χ0n) is 14.8. The molecule has 2 fully saturated rings. The van der Waals surface area contributed by atoms with Gasteiger partial charge in [-0.25, -0.2) is 4.79 Å². The third kappa shape index (κ3) is 3.12. The summed E-state index contributed by atoms with van der Waals surface area (Å²) in [6, 6.07) is 1.53. The SMILES string of the molecule is CCC1(CC)NC(=O)N(CC(=O)N2CCC[C@H](n3cccn3)C2)C1=O. The van der Waals surface area contributed by atoms with Crippen LogP contribution in [0.4, 0.5) is 4.79 Å². The van der Waals surface area contributed by atoms with Crippen molar-refractivity contribution in [2.24, 2.45) is 0 Å². The molecular formula is C17H25N5O3. The van der Waals surface area contributed by atoms with E-state index in [1.807, 2.05) is 30.8 Å². The quantitative estimate of drug-likeness (QED) is 0.810. The number of nitrogens with one attached hydrogen (secondary N) is 1. The first-order chi connectivity index (χ1) is 12.0. The fraction of sp³-hybridized carbons (Fsp3) is 0.647. The number of hydrogen-bond acceptors (Lipinski definition) is 4. The number of imide groups is 1. The standard InChI is InChI=1S/C17H25N5O3/c1-3-17(4-2)15(24)21(16(25)19-17)12-14(23)20-9-5-7-13(11-20)22-10-6-8-18-22/h6,8,10,13H,3-5,7,9,11-12H2,1-2H3,(H,19,25)/t13-/m0/s1. The molecule has 1 aromatic rings. The van der Waals surface area contributed by atoms with Gasteiger partial charge in [-0.05, 0) is 31.7 Å². The fourth-order valence-electron chi connectivity index (χ4n) is 3.68. The van der Waals surface area contributed by atoms with Gasteiger partial charge in [0.25, 0.3) is 5.91 Å². The predicted molar refractivity (Wildman–Crippen MR) is 90.6 cm³/mol. The number of aromatic nitrogens is 2. The van der Waals surface area contributed by atoms with Crippen LogP contribution in [-0.2, 0) is 9.59 Å². The number of likely N-dealkylation sites (tertiary alicyclic amines) is 1. The number of urea groups is 1. The van der Waals surface area contributed by atoms with E-state index < -0.39 is 11.6 Å². The predicted octanol–water partition coefficient (Wildman–Crippen LogP) is 1.16. The molecule has 0 aromatic carbocycles. The minimum absolute atomic E-state index is 0.140. The maximum absolute atomic E-state index is 12.7. The van der Waals surface area contributed by atoms with Crippen LogP contribution in [0.3, 0.4) is 0 Å². The van der Waals surface area contributed by atoms with Crippen LogP contribution >= 0.6 is 0 Å². The highest BCUT2D eigenvalue weighted by atomic mass is 16.2. The van der Waals surface area contributed by atoms with Crippen LogP contribution in [0.25, 0.3) is 0 Å². The number of piperidine rings is 1. The lowest BCUT2D eigenvalue weighted by atomic mass is 9.93. The van der Waals surface area contributed by atoms with Crippen molar-refractivity contribution in [3.05, 3.63) is 18.5 Å². The van der Waals surface area contributed by atoms with Crippen molar-refractivity contribution in [2.45, 2.75) is 51.1 Å². The second-order valence-electron chi connectivity index (χ2n) is 6.73. The molecule has 0 radical (unpaired) electrons. The molecule has 136 valence electrons. The van der Waals surface area contributed by atoms with Gasteiger partial charge < -0.3 is 10.2 Å². The number of amides is 4. The number of hydrogen-bond donors (Lipinski definition) is 1. The first kappa shape index (κ1) is 17.4. The van der Waals surface area contributed by atoms with Gasteiger partial charge in [0, 0.05) is 25.5 Å². The van der Waals surface area contributed by atoms with E-state index in [1.165, 1.54) is 0 Å². The van der Waals surface area contributed by atoms with Gasteiger partial charge in [-0.3, -0.25) is 19.2 Å². The van der Waals surface area contributed by atoms with E-state index in [0.29, 0.717) is 25.9 Å². The summed E-state index contributed by atoms with van der Waals surface area (Å²) in [7, 11) is 0. The Kier molecular flexibility index (Phi) is 4.78. The van der Waals surface area contributed by atoms with Crippen molar-refractivity contribution in [3.63, 3.8) is 0 Å². The normalized spacial score (nSPS) is 23.0. The van der Waals surface area contributed by atoms with Crippen molar-refractivity contribution in [1.82, 2.24) is 24.9 Å². The Hall–Kier alpha value is -2.38. The van der Waals surface area contributed by atoms with Crippen molar-refractivity contribution >= 4 is 17.8 Å². The zero-order valence-corrected chi connectivity index (χ0v) is 14.8. The van der Waals surface area contributed by atoms with E-state index in [9.17, 15) is 14.4 Å². The maximum Gasteiger partial charge on any atom is 0.325 e. The van der Waals surface area contributed by atoms with Crippen molar-refractivity contribution in [3.8, 4) is 0 Å². The van der Waals surface area contributed by atoms with Gasteiger partial charge in [-0.1, -0.05) is 13.8 Å². The van der Waals surface area contributed by atoms with Crippen LogP contribution in [0, 0.1) is 0 Å². The molecule has 1 N–H and O–H groups in total. The summed E-state index contributed by atoms with van der Waals surface area (Å²) >= 11 is 0. The Morgan fingerprint density at radius 3 is 2.72 bits per heavy atom. The molecule has 3 heterocycles. The lowest BCUT2D eigenvalue weighted by Gasteiger charge is -2.33. The van der Waals surface area contributed by atoms with Crippen LogP contribution in [0.1, 0.15) is 45.6 Å². The lowest BCUT2D eigenvalue weighted by molar-refractivity contribution is -0.140. The van der Waals surface area contributed by atoms with Gasteiger partial charge >= 0.3 is 6.03 Å². The van der Waals surface area contributed by atoms with Crippen LogP contribution in [0.2, 0.25) is 0 Å². The Labute approximate surface area is 147 Å². The number of carbonyl (C=O) groups is 3. The Morgan fingerprint density at radius 1 is 1.36 bits per heavy atom. The number of rotatable bonds is 5. The van der Waals surface area contributed by atoms with Crippen molar-refractivity contribution < 1.29 is 14.4 Å². The third-order valence-corrected chi connectivity index (χ3v) is 5.39. The fourth-order valence-corrected chi connectivity index (χ4v) is 3.68. The van der Waals surface area contributed by atoms with Gasteiger partial charge in [0.15, 0.2) is 0 Å². The van der Waals surface area contributed by atoms with Gasteiger partial charge in [0.05, 0.1) is 6.04 Å².